The van der Waals surface area contributed by atoms with Crippen LogP contribution in [0.25, 0.3) is 0 Å². The van der Waals surface area contributed by atoms with Crippen molar-refractivity contribution in [3.05, 3.63) is 87.9 Å². The quantitative estimate of drug-likeness (QED) is 0.329. The molecule has 0 saturated carbocycles. The van der Waals surface area contributed by atoms with Crippen LogP contribution in [-0.2, 0) is 21.6 Å². The maximum absolute atomic E-state index is 13.8. The van der Waals surface area contributed by atoms with Crippen LogP contribution in [0.3, 0.4) is 0 Å². The summed E-state index contributed by atoms with van der Waals surface area (Å²) in [5, 5.41) is 12.3. The third kappa shape index (κ3) is 5.33. The number of hydrogen-bond donors (Lipinski definition) is 1. The van der Waals surface area contributed by atoms with E-state index in [0.29, 0.717) is 16.5 Å². The molecule has 2 saturated heterocycles. The monoisotopic (exact) mass is 575 g/mol. The Bertz CT molecular complexity index is 1410. The average molecular weight is 576 g/mol. The molecule has 6 nitrogen and oxygen atoms in total. The summed E-state index contributed by atoms with van der Waals surface area (Å²) in [5.41, 5.74) is 3.49. The van der Waals surface area contributed by atoms with Gasteiger partial charge in [0, 0.05) is 10.7 Å². The summed E-state index contributed by atoms with van der Waals surface area (Å²) in [6.07, 6.45) is 4.60. The van der Waals surface area contributed by atoms with Crippen molar-refractivity contribution >= 4 is 23.2 Å². The highest BCUT2D eigenvalue weighted by molar-refractivity contribution is 6.30. The van der Waals surface area contributed by atoms with Crippen LogP contribution in [0.5, 0.6) is 11.5 Å². The molecule has 4 unspecified atom stereocenters. The highest BCUT2D eigenvalue weighted by Crippen LogP contribution is 2.46. The summed E-state index contributed by atoms with van der Waals surface area (Å²) in [4.78, 5) is 15.7. The van der Waals surface area contributed by atoms with Crippen LogP contribution < -0.4 is 14.4 Å². The highest BCUT2D eigenvalue weighted by Gasteiger charge is 2.44. The molecule has 7 heteroatoms. The van der Waals surface area contributed by atoms with Crippen molar-refractivity contribution in [2.24, 2.45) is 5.92 Å². The number of fused-ring (bicyclic) bond motifs is 3. The highest BCUT2D eigenvalue weighted by atomic mass is 35.5. The molecule has 3 aromatic rings. The lowest BCUT2D eigenvalue weighted by Crippen LogP contribution is -2.41. The molecule has 3 aromatic carbocycles. The lowest BCUT2D eigenvalue weighted by Gasteiger charge is -2.40. The summed E-state index contributed by atoms with van der Waals surface area (Å²) in [5.74, 6) is 1.38. The van der Waals surface area contributed by atoms with Gasteiger partial charge >= 0.3 is 0 Å². The lowest BCUT2D eigenvalue weighted by atomic mass is 9.76. The van der Waals surface area contributed by atoms with E-state index >= 15 is 0 Å². The topological polar surface area (TPSA) is 68.2 Å². The minimum atomic E-state index is -0.975. The molecule has 3 heterocycles. The van der Waals surface area contributed by atoms with Crippen LogP contribution >= 0.6 is 11.6 Å². The van der Waals surface area contributed by atoms with Gasteiger partial charge in [0.05, 0.1) is 43.5 Å². The van der Waals surface area contributed by atoms with Crippen LogP contribution in [0.2, 0.25) is 5.02 Å². The van der Waals surface area contributed by atoms with E-state index in [1.807, 2.05) is 86.3 Å². The van der Waals surface area contributed by atoms with E-state index in [2.05, 4.69) is 0 Å². The second kappa shape index (κ2) is 11.0. The van der Waals surface area contributed by atoms with Crippen molar-refractivity contribution in [2.45, 2.75) is 82.8 Å². The fourth-order valence-corrected chi connectivity index (χ4v) is 6.97. The second-order valence-electron chi connectivity index (χ2n) is 12.1. The standard InChI is InChI=1S/C34H38ClNO5/c1-20(2)40-31-19-29-22(15-30(31)39-4)16-32(37)36(33(29)21-5-9-25(35)10-6-21)26-11-7-23(8-12-26)34(3,38)24-17-27-13-14-28(18-24)41-27/h5-12,15,19-20,24,27-28,33,38H,13-14,16-18H2,1-4H3. The lowest BCUT2D eigenvalue weighted by molar-refractivity contribution is -0.118. The summed E-state index contributed by atoms with van der Waals surface area (Å²) in [7, 11) is 1.62. The van der Waals surface area contributed by atoms with Gasteiger partial charge in [-0.15, -0.1) is 0 Å². The van der Waals surface area contributed by atoms with Crippen LogP contribution in [0.15, 0.2) is 60.7 Å². The number of nitrogens with zero attached hydrogens (tertiary/aromatic N) is 1. The Hall–Kier alpha value is -3.06. The molecule has 1 N–H and O–H groups in total. The molecule has 4 atom stereocenters. The summed E-state index contributed by atoms with van der Waals surface area (Å²) in [6.45, 7) is 5.87. The first-order valence-corrected chi connectivity index (χ1v) is 14.9. The number of carbonyl (C=O) groups is 1. The van der Waals surface area contributed by atoms with E-state index < -0.39 is 5.60 Å². The third-order valence-electron chi connectivity index (χ3n) is 8.95. The first-order chi connectivity index (χ1) is 19.6. The molecule has 0 spiro atoms. The molecule has 0 radical (unpaired) electrons. The minimum Gasteiger partial charge on any atom is -0.493 e. The maximum atomic E-state index is 13.8. The van der Waals surface area contributed by atoms with Gasteiger partial charge in [-0.2, -0.15) is 0 Å². The van der Waals surface area contributed by atoms with Gasteiger partial charge in [0.15, 0.2) is 11.5 Å². The second-order valence-corrected chi connectivity index (χ2v) is 12.5. The van der Waals surface area contributed by atoms with Crippen LogP contribution in [-0.4, -0.2) is 36.4 Å². The number of ether oxygens (including phenoxy) is 3. The number of amides is 1. The fraction of sp³-hybridized carbons (Fsp3) is 0.441. The van der Waals surface area contributed by atoms with E-state index in [0.717, 1.165) is 53.6 Å². The SMILES string of the molecule is COc1cc2c(cc1OC(C)C)C(c1ccc(Cl)cc1)N(c1ccc(C(C)(O)C3CC4CCC(C3)O4)cc1)C(=O)C2. The summed E-state index contributed by atoms with van der Waals surface area (Å²) >= 11 is 6.25. The van der Waals surface area contributed by atoms with Crippen molar-refractivity contribution in [3.8, 4) is 11.5 Å². The summed E-state index contributed by atoms with van der Waals surface area (Å²) < 4.78 is 17.8. The van der Waals surface area contributed by atoms with Gasteiger partial charge in [-0.1, -0.05) is 35.9 Å². The number of benzene rings is 3. The number of halogens is 1. The Kier molecular flexibility index (Phi) is 7.52. The van der Waals surface area contributed by atoms with Gasteiger partial charge in [-0.25, -0.2) is 0 Å². The zero-order valence-corrected chi connectivity index (χ0v) is 24.9. The number of carbonyl (C=O) groups excluding carboxylic acids is 1. The Morgan fingerprint density at radius 2 is 1.66 bits per heavy atom. The number of anilines is 1. The number of methoxy groups -OCH3 is 1. The van der Waals surface area contributed by atoms with E-state index in [-0.39, 0.29) is 42.6 Å². The maximum Gasteiger partial charge on any atom is 0.232 e. The van der Waals surface area contributed by atoms with Crippen LogP contribution in [0.1, 0.15) is 74.8 Å². The minimum absolute atomic E-state index is 0.0162. The van der Waals surface area contributed by atoms with Gasteiger partial charge in [-0.3, -0.25) is 4.79 Å². The fourth-order valence-electron chi connectivity index (χ4n) is 6.84. The Balaban J connectivity index is 1.39. The molecule has 3 aliphatic rings. The number of aliphatic hydroxyl groups is 1. The predicted molar refractivity (Wildman–Crippen MR) is 160 cm³/mol. The van der Waals surface area contributed by atoms with Crippen molar-refractivity contribution < 1.29 is 24.1 Å². The normalized spacial score (nSPS) is 25.1. The summed E-state index contributed by atoms with van der Waals surface area (Å²) in [6, 6.07) is 19.0. The molecule has 41 heavy (non-hydrogen) atoms. The van der Waals surface area contributed by atoms with Crippen LogP contribution in [0, 0.1) is 5.92 Å². The number of hydrogen-bond acceptors (Lipinski definition) is 5. The van der Waals surface area contributed by atoms with Gasteiger partial charge in [0.25, 0.3) is 0 Å². The van der Waals surface area contributed by atoms with Gasteiger partial charge in [-0.05, 0) is 111 Å². The first kappa shape index (κ1) is 28.1. The zero-order valence-electron chi connectivity index (χ0n) is 24.1. The van der Waals surface area contributed by atoms with E-state index in [1.54, 1.807) is 7.11 Å². The average Bonchev–Trinajstić information content (AvgIpc) is 3.29. The molecule has 2 fully saturated rings. The predicted octanol–water partition coefficient (Wildman–Crippen LogP) is 6.98. The van der Waals surface area contributed by atoms with E-state index in [1.165, 1.54) is 0 Å². The van der Waals surface area contributed by atoms with Gasteiger partial charge in [0.1, 0.15) is 0 Å². The Morgan fingerprint density at radius 3 is 2.27 bits per heavy atom. The van der Waals surface area contributed by atoms with Crippen molar-refractivity contribution in [3.63, 3.8) is 0 Å². The van der Waals surface area contributed by atoms with E-state index in [9.17, 15) is 9.90 Å². The molecule has 1 amide bonds. The molecule has 0 aromatic heterocycles. The zero-order chi connectivity index (χ0) is 28.9. The molecule has 2 bridgehead atoms. The third-order valence-corrected chi connectivity index (χ3v) is 9.20. The van der Waals surface area contributed by atoms with Crippen molar-refractivity contribution in [2.75, 3.05) is 12.0 Å². The van der Waals surface area contributed by atoms with E-state index in [4.69, 9.17) is 25.8 Å². The Labute approximate surface area is 247 Å². The van der Waals surface area contributed by atoms with Gasteiger partial charge in [0.2, 0.25) is 5.91 Å². The van der Waals surface area contributed by atoms with Gasteiger partial charge < -0.3 is 24.2 Å². The largest absolute Gasteiger partial charge is 0.493 e. The van der Waals surface area contributed by atoms with Crippen molar-refractivity contribution in [1.82, 2.24) is 0 Å². The molecular weight excluding hydrogens is 538 g/mol. The molecular formula is C34H38ClNO5. The molecule has 216 valence electrons. The first-order valence-electron chi connectivity index (χ1n) is 14.6. The molecule has 3 aliphatic heterocycles. The molecule has 0 aliphatic carbocycles. The van der Waals surface area contributed by atoms with Crippen molar-refractivity contribution in [1.29, 1.82) is 0 Å². The number of rotatable bonds is 7. The van der Waals surface area contributed by atoms with Crippen LogP contribution in [0.4, 0.5) is 5.69 Å². The smallest absolute Gasteiger partial charge is 0.232 e. The Morgan fingerprint density at radius 1 is 1.00 bits per heavy atom. The molecule has 6 rings (SSSR count).